The first-order valence-electron chi connectivity index (χ1n) is 11.3. The van der Waals surface area contributed by atoms with Crippen molar-refractivity contribution in [2.24, 2.45) is 5.73 Å². The van der Waals surface area contributed by atoms with Crippen molar-refractivity contribution in [1.29, 1.82) is 0 Å². The Morgan fingerprint density at radius 1 is 1.03 bits per heavy atom. The Bertz CT molecular complexity index is 921. The summed E-state index contributed by atoms with van der Waals surface area (Å²) in [4.78, 5) is 0. The first-order valence-corrected chi connectivity index (χ1v) is 11.3. The number of aryl methyl sites for hydroxylation is 1. The van der Waals surface area contributed by atoms with E-state index in [0.717, 1.165) is 19.5 Å². The summed E-state index contributed by atoms with van der Waals surface area (Å²) >= 11 is 0. The molecule has 1 aromatic heterocycles. The fraction of sp³-hybridized carbons (Fsp3) is 0.462. The number of aromatic nitrogens is 1. The molecule has 1 heterocycles. The first-order chi connectivity index (χ1) is 14.3. The van der Waals surface area contributed by atoms with E-state index in [1.807, 2.05) is 0 Å². The molecule has 0 amide bonds. The molecule has 4 rings (SSSR count). The van der Waals surface area contributed by atoms with E-state index in [2.05, 4.69) is 71.5 Å². The van der Waals surface area contributed by atoms with Crippen LogP contribution in [0.4, 0.5) is 0 Å². The fourth-order valence-corrected chi connectivity index (χ4v) is 5.03. The number of nitrogens with two attached hydrogens (primary N) is 1. The van der Waals surface area contributed by atoms with Gasteiger partial charge in [0.05, 0.1) is 0 Å². The molecule has 29 heavy (non-hydrogen) atoms. The summed E-state index contributed by atoms with van der Waals surface area (Å²) < 4.78 is 2.60. The van der Waals surface area contributed by atoms with Gasteiger partial charge in [0, 0.05) is 42.1 Å². The van der Waals surface area contributed by atoms with Crippen molar-refractivity contribution < 1.29 is 0 Å². The highest BCUT2D eigenvalue weighted by molar-refractivity contribution is 5.85. The van der Waals surface area contributed by atoms with Gasteiger partial charge in [0.15, 0.2) is 0 Å². The first kappa shape index (κ1) is 20.2. The highest BCUT2D eigenvalue weighted by atomic mass is 15.0. The summed E-state index contributed by atoms with van der Waals surface area (Å²) in [6.45, 7) is 4.75. The number of hydrogen-bond donors (Lipinski definition) is 2. The van der Waals surface area contributed by atoms with Crippen LogP contribution in [0.3, 0.4) is 0 Å². The summed E-state index contributed by atoms with van der Waals surface area (Å²) in [7, 11) is 0. The Hall–Kier alpha value is -2.10. The molecule has 3 nitrogen and oxygen atoms in total. The van der Waals surface area contributed by atoms with E-state index in [4.69, 9.17) is 5.73 Å². The summed E-state index contributed by atoms with van der Waals surface area (Å²) in [5, 5.41) is 4.93. The minimum atomic E-state index is 0.398. The van der Waals surface area contributed by atoms with E-state index in [9.17, 15) is 0 Å². The number of fused-ring (bicyclic) bond motifs is 1. The molecule has 1 aliphatic rings. The molecule has 1 aliphatic carbocycles. The van der Waals surface area contributed by atoms with Crippen LogP contribution in [-0.2, 0) is 0 Å². The largest absolute Gasteiger partial charge is 0.344 e. The Morgan fingerprint density at radius 2 is 1.86 bits per heavy atom. The van der Waals surface area contributed by atoms with E-state index in [0.29, 0.717) is 18.5 Å². The second-order valence-corrected chi connectivity index (χ2v) is 8.59. The van der Waals surface area contributed by atoms with Gasteiger partial charge in [-0.2, -0.15) is 0 Å². The number of benzene rings is 2. The summed E-state index contributed by atoms with van der Waals surface area (Å²) in [6.07, 6.45) is 10.3. The summed E-state index contributed by atoms with van der Waals surface area (Å²) in [5.74, 6) is 0.398. The minimum Gasteiger partial charge on any atom is -0.344 e. The van der Waals surface area contributed by atoms with Crippen LogP contribution < -0.4 is 11.1 Å². The third-order valence-corrected chi connectivity index (χ3v) is 6.49. The van der Waals surface area contributed by atoms with Crippen LogP contribution in [0.25, 0.3) is 10.9 Å². The van der Waals surface area contributed by atoms with E-state index in [1.54, 1.807) is 0 Å². The topological polar surface area (TPSA) is 43.0 Å². The molecule has 0 spiro atoms. The normalized spacial score (nSPS) is 16.3. The van der Waals surface area contributed by atoms with Gasteiger partial charge in [-0.25, -0.2) is 0 Å². The highest BCUT2D eigenvalue weighted by Crippen LogP contribution is 2.38. The van der Waals surface area contributed by atoms with Gasteiger partial charge in [0.25, 0.3) is 0 Å². The smallest absolute Gasteiger partial charge is 0.0485 e. The molecular weight excluding hydrogens is 354 g/mol. The summed E-state index contributed by atoms with van der Waals surface area (Å²) in [6, 6.07) is 18.7. The van der Waals surface area contributed by atoms with Gasteiger partial charge in [0.1, 0.15) is 0 Å². The van der Waals surface area contributed by atoms with Crippen LogP contribution in [0, 0.1) is 6.92 Å². The summed E-state index contributed by atoms with van der Waals surface area (Å²) in [5.41, 5.74) is 11.3. The van der Waals surface area contributed by atoms with Gasteiger partial charge in [-0.3, -0.25) is 0 Å². The zero-order chi connectivity index (χ0) is 20.1. The zero-order valence-corrected chi connectivity index (χ0v) is 17.7. The molecule has 3 N–H and O–H groups in total. The van der Waals surface area contributed by atoms with Crippen LogP contribution in [-0.4, -0.2) is 24.2 Å². The molecule has 0 radical (unpaired) electrons. The van der Waals surface area contributed by atoms with Gasteiger partial charge in [-0.1, -0.05) is 67.3 Å². The molecule has 0 bridgehead atoms. The standard InChI is InChI=1S/C26H35N3/c1-20-8-7-9-21(18-20)23(14-16-28-17-15-27)25-19-29(22-10-3-2-4-11-22)26-13-6-5-12-24(25)26/h5-9,12-13,18-19,22-23,28H,2-4,10-11,14-17,27H2,1H3. The molecular formula is C26H35N3. The Kier molecular flexibility index (Phi) is 6.68. The van der Waals surface area contributed by atoms with Crippen LogP contribution in [0.15, 0.2) is 54.7 Å². The average Bonchev–Trinajstić information content (AvgIpc) is 3.14. The van der Waals surface area contributed by atoms with Crippen LogP contribution in [0.5, 0.6) is 0 Å². The van der Waals surface area contributed by atoms with Gasteiger partial charge in [-0.15, -0.1) is 0 Å². The molecule has 0 aliphatic heterocycles. The SMILES string of the molecule is Cc1cccc(C(CCNCCN)c2cn(C3CCCCC3)c3ccccc23)c1. The molecule has 1 fully saturated rings. The average molecular weight is 390 g/mol. The number of nitrogens with one attached hydrogen (secondary N) is 1. The number of rotatable bonds is 8. The molecule has 1 unspecified atom stereocenters. The van der Waals surface area contributed by atoms with E-state index >= 15 is 0 Å². The van der Waals surface area contributed by atoms with Gasteiger partial charge in [-0.05, 0) is 49.9 Å². The highest BCUT2D eigenvalue weighted by Gasteiger charge is 2.23. The number of hydrogen-bond acceptors (Lipinski definition) is 2. The maximum atomic E-state index is 5.68. The lowest BCUT2D eigenvalue weighted by atomic mass is 9.87. The molecule has 3 aromatic rings. The van der Waals surface area contributed by atoms with Crippen LogP contribution >= 0.6 is 0 Å². The van der Waals surface area contributed by atoms with Crippen molar-refractivity contribution in [3.05, 3.63) is 71.4 Å². The predicted molar refractivity (Wildman–Crippen MR) is 124 cm³/mol. The molecule has 2 aromatic carbocycles. The number of para-hydroxylation sites is 1. The quantitative estimate of drug-likeness (QED) is 0.498. The zero-order valence-electron chi connectivity index (χ0n) is 17.7. The third kappa shape index (κ3) is 4.57. The van der Waals surface area contributed by atoms with Gasteiger partial charge < -0.3 is 15.6 Å². The number of nitrogens with zero attached hydrogens (tertiary/aromatic N) is 1. The maximum Gasteiger partial charge on any atom is 0.0485 e. The second kappa shape index (κ2) is 9.60. The van der Waals surface area contributed by atoms with Crippen molar-refractivity contribution in [3.8, 4) is 0 Å². The molecule has 154 valence electrons. The fourth-order valence-electron chi connectivity index (χ4n) is 5.03. The molecule has 3 heteroatoms. The van der Waals surface area contributed by atoms with Crippen molar-refractivity contribution in [2.45, 2.75) is 57.4 Å². The molecule has 1 saturated carbocycles. The lowest BCUT2D eigenvalue weighted by Gasteiger charge is -2.24. The minimum absolute atomic E-state index is 0.398. The van der Waals surface area contributed by atoms with E-state index in [-0.39, 0.29) is 0 Å². The Morgan fingerprint density at radius 3 is 2.66 bits per heavy atom. The van der Waals surface area contributed by atoms with Crippen LogP contribution in [0.1, 0.15) is 67.2 Å². The molecule has 0 saturated heterocycles. The van der Waals surface area contributed by atoms with Crippen molar-refractivity contribution >= 4 is 10.9 Å². The molecule has 1 atom stereocenters. The van der Waals surface area contributed by atoms with Gasteiger partial charge >= 0.3 is 0 Å². The maximum absolute atomic E-state index is 5.68. The van der Waals surface area contributed by atoms with Gasteiger partial charge in [0.2, 0.25) is 0 Å². The Labute approximate surface area is 175 Å². The van der Waals surface area contributed by atoms with Crippen molar-refractivity contribution in [1.82, 2.24) is 9.88 Å². The van der Waals surface area contributed by atoms with E-state index < -0.39 is 0 Å². The van der Waals surface area contributed by atoms with Crippen molar-refractivity contribution in [3.63, 3.8) is 0 Å². The second-order valence-electron chi connectivity index (χ2n) is 8.59. The Balaban J connectivity index is 1.74. The van der Waals surface area contributed by atoms with Crippen molar-refractivity contribution in [2.75, 3.05) is 19.6 Å². The lowest BCUT2D eigenvalue weighted by molar-refractivity contribution is 0.360. The van der Waals surface area contributed by atoms with Crippen LogP contribution in [0.2, 0.25) is 0 Å². The monoisotopic (exact) mass is 389 g/mol. The lowest BCUT2D eigenvalue weighted by Crippen LogP contribution is -2.24. The van der Waals surface area contributed by atoms with E-state index in [1.165, 1.54) is 59.7 Å². The predicted octanol–water partition coefficient (Wildman–Crippen LogP) is 5.53. The third-order valence-electron chi connectivity index (χ3n) is 6.49.